The number of hydrogen-bond acceptors (Lipinski definition) is 5. The molecule has 1 amide bonds. The van der Waals surface area contributed by atoms with Gasteiger partial charge in [-0.1, -0.05) is 41.9 Å². The van der Waals surface area contributed by atoms with E-state index in [1.54, 1.807) is 30.3 Å². The number of aliphatic carboxylic acids is 1. The molecular weight excluding hydrogens is 352 g/mol. The molecule has 0 saturated heterocycles. The highest BCUT2D eigenvalue weighted by Crippen LogP contribution is 2.29. The van der Waals surface area contributed by atoms with Crippen molar-refractivity contribution in [3.8, 4) is 5.75 Å². The summed E-state index contributed by atoms with van der Waals surface area (Å²) < 4.78 is 5.13. The van der Waals surface area contributed by atoms with Crippen LogP contribution in [0, 0.1) is 10.1 Å². The molecule has 0 heterocycles. The van der Waals surface area contributed by atoms with Gasteiger partial charge in [0.2, 0.25) is 0 Å². The van der Waals surface area contributed by atoms with Crippen LogP contribution in [-0.2, 0) is 9.59 Å². The van der Waals surface area contributed by atoms with Gasteiger partial charge in [-0.2, -0.15) is 0 Å². The van der Waals surface area contributed by atoms with E-state index in [0.29, 0.717) is 5.56 Å². The minimum Gasteiger partial charge on any atom is -0.479 e. The van der Waals surface area contributed by atoms with Crippen LogP contribution < -0.4 is 10.1 Å². The number of benzene rings is 2. The van der Waals surface area contributed by atoms with Crippen molar-refractivity contribution < 1.29 is 24.4 Å². The molecule has 0 aromatic heterocycles. The molecule has 0 saturated carbocycles. The van der Waals surface area contributed by atoms with E-state index in [9.17, 15) is 24.8 Å². The summed E-state index contributed by atoms with van der Waals surface area (Å²) in [6.07, 6.45) is 0. The number of nitrogens with one attached hydrogen (secondary N) is 1. The Bertz CT molecular complexity index is 796. The Kier molecular flexibility index (Phi) is 5.91. The maximum Gasteiger partial charge on any atom is 0.330 e. The summed E-state index contributed by atoms with van der Waals surface area (Å²) in [7, 11) is 0. The zero-order valence-corrected chi connectivity index (χ0v) is 13.5. The highest BCUT2D eigenvalue weighted by molar-refractivity contribution is 6.30. The van der Waals surface area contributed by atoms with Gasteiger partial charge in [-0.3, -0.25) is 14.9 Å². The number of ether oxygens (including phenoxy) is 1. The largest absolute Gasteiger partial charge is 0.479 e. The summed E-state index contributed by atoms with van der Waals surface area (Å²) in [6, 6.07) is 10.6. The standard InChI is InChI=1S/C16H13ClN2O6/c17-11-6-7-13(12(8-11)19(23)24)25-9-14(20)18-15(16(21)22)10-4-2-1-3-5-10/h1-8,15H,9H2,(H,18,20)(H,21,22)/t15-/m1/s1. The van der Waals surface area contributed by atoms with Crippen molar-refractivity contribution in [2.45, 2.75) is 6.04 Å². The molecule has 9 heteroatoms. The number of carbonyl (C=O) groups excluding carboxylic acids is 1. The lowest BCUT2D eigenvalue weighted by molar-refractivity contribution is -0.385. The van der Waals surface area contributed by atoms with Gasteiger partial charge >= 0.3 is 11.7 Å². The SMILES string of the molecule is O=C(COc1ccc(Cl)cc1[N+](=O)[O-])N[C@@H](C(=O)O)c1ccccc1. The Hall–Kier alpha value is -3.13. The zero-order chi connectivity index (χ0) is 18.4. The molecule has 1 atom stereocenters. The minimum atomic E-state index is -1.25. The number of carbonyl (C=O) groups is 2. The molecular formula is C16H13ClN2O6. The van der Waals surface area contributed by atoms with E-state index in [1.165, 1.54) is 12.1 Å². The minimum absolute atomic E-state index is 0.142. The van der Waals surface area contributed by atoms with E-state index >= 15 is 0 Å². The number of nitrogens with zero attached hydrogens (tertiary/aromatic N) is 1. The van der Waals surface area contributed by atoms with Crippen molar-refractivity contribution in [3.63, 3.8) is 0 Å². The molecule has 0 aliphatic rings. The molecule has 0 aliphatic heterocycles. The van der Waals surface area contributed by atoms with Crippen molar-refractivity contribution in [1.82, 2.24) is 5.32 Å². The molecule has 0 spiro atoms. The molecule has 2 rings (SSSR count). The summed E-state index contributed by atoms with van der Waals surface area (Å²) in [5.74, 6) is -2.12. The topological polar surface area (TPSA) is 119 Å². The lowest BCUT2D eigenvalue weighted by Gasteiger charge is -2.15. The molecule has 0 unspecified atom stereocenters. The summed E-state index contributed by atoms with van der Waals surface area (Å²) in [4.78, 5) is 33.6. The lowest BCUT2D eigenvalue weighted by Crippen LogP contribution is -2.36. The maximum absolute atomic E-state index is 12.0. The predicted octanol–water partition coefficient (Wildman–Crippen LogP) is 2.57. The van der Waals surface area contributed by atoms with Crippen LogP contribution in [0.15, 0.2) is 48.5 Å². The van der Waals surface area contributed by atoms with E-state index in [-0.39, 0.29) is 10.8 Å². The second kappa shape index (κ2) is 8.11. The summed E-state index contributed by atoms with van der Waals surface area (Å²) >= 11 is 5.69. The van der Waals surface area contributed by atoms with Gasteiger partial charge in [0.15, 0.2) is 18.4 Å². The first-order valence-electron chi connectivity index (χ1n) is 7.02. The number of carboxylic acid groups (broad SMARTS) is 1. The van der Waals surface area contributed by atoms with Crippen LogP contribution in [0.1, 0.15) is 11.6 Å². The molecule has 0 aliphatic carbocycles. The fourth-order valence-electron chi connectivity index (χ4n) is 2.03. The number of carboxylic acids is 1. The zero-order valence-electron chi connectivity index (χ0n) is 12.7. The first kappa shape index (κ1) is 18.2. The van der Waals surface area contributed by atoms with Crippen LogP contribution >= 0.6 is 11.6 Å². The van der Waals surface area contributed by atoms with Crippen molar-refractivity contribution in [2.75, 3.05) is 6.61 Å². The highest BCUT2D eigenvalue weighted by Gasteiger charge is 2.23. The molecule has 8 nitrogen and oxygen atoms in total. The van der Waals surface area contributed by atoms with E-state index in [4.69, 9.17) is 16.3 Å². The Morgan fingerprint density at radius 1 is 1.24 bits per heavy atom. The predicted molar refractivity (Wildman–Crippen MR) is 88.6 cm³/mol. The number of amides is 1. The smallest absolute Gasteiger partial charge is 0.330 e. The van der Waals surface area contributed by atoms with E-state index in [2.05, 4.69) is 5.32 Å². The Labute approximate surface area is 147 Å². The number of rotatable bonds is 7. The van der Waals surface area contributed by atoms with Crippen LogP contribution in [0.3, 0.4) is 0 Å². The normalized spacial score (nSPS) is 11.4. The first-order valence-corrected chi connectivity index (χ1v) is 7.40. The lowest BCUT2D eigenvalue weighted by atomic mass is 10.1. The second-order valence-electron chi connectivity index (χ2n) is 4.91. The third-order valence-electron chi connectivity index (χ3n) is 3.16. The number of halogens is 1. The monoisotopic (exact) mass is 364 g/mol. The van der Waals surface area contributed by atoms with E-state index in [0.717, 1.165) is 6.07 Å². The fraction of sp³-hybridized carbons (Fsp3) is 0.125. The van der Waals surface area contributed by atoms with E-state index < -0.39 is 35.1 Å². The van der Waals surface area contributed by atoms with Crippen LogP contribution in [0.2, 0.25) is 5.02 Å². The Morgan fingerprint density at radius 3 is 2.52 bits per heavy atom. The Morgan fingerprint density at radius 2 is 1.92 bits per heavy atom. The third kappa shape index (κ3) is 4.92. The summed E-state index contributed by atoms with van der Waals surface area (Å²) in [5, 5.41) is 22.7. The fourth-order valence-corrected chi connectivity index (χ4v) is 2.20. The molecule has 0 fully saturated rings. The highest BCUT2D eigenvalue weighted by atomic mass is 35.5. The summed E-state index contributed by atoms with van der Waals surface area (Å²) in [5.41, 5.74) is -0.000956. The molecule has 25 heavy (non-hydrogen) atoms. The van der Waals surface area contributed by atoms with Crippen molar-refractivity contribution in [1.29, 1.82) is 0 Å². The molecule has 130 valence electrons. The molecule has 2 N–H and O–H groups in total. The third-order valence-corrected chi connectivity index (χ3v) is 3.40. The van der Waals surface area contributed by atoms with Crippen molar-refractivity contribution in [3.05, 3.63) is 69.2 Å². The number of hydrogen-bond donors (Lipinski definition) is 2. The van der Waals surface area contributed by atoms with Gasteiger partial charge in [-0.25, -0.2) is 4.79 Å². The molecule has 2 aromatic carbocycles. The van der Waals surface area contributed by atoms with Crippen LogP contribution in [0.25, 0.3) is 0 Å². The average Bonchev–Trinajstić information content (AvgIpc) is 2.59. The van der Waals surface area contributed by atoms with Crippen LogP contribution in [0.5, 0.6) is 5.75 Å². The van der Waals surface area contributed by atoms with Gasteiger partial charge in [0, 0.05) is 11.1 Å². The first-order chi connectivity index (χ1) is 11.9. The number of nitro groups is 1. The molecule has 0 radical (unpaired) electrons. The van der Waals surface area contributed by atoms with Gasteiger partial charge in [0.05, 0.1) is 4.92 Å². The van der Waals surface area contributed by atoms with Gasteiger partial charge in [0.1, 0.15) is 0 Å². The molecule has 2 aromatic rings. The number of nitro benzene ring substituents is 1. The maximum atomic E-state index is 12.0. The van der Waals surface area contributed by atoms with Crippen LogP contribution in [0.4, 0.5) is 5.69 Å². The average molecular weight is 365 g/mol. The van der Waals surface area contributed by atoms with Crippen molar-refractivity contribution >= 4 is 29.2 Å². The Balaban J connectivity index is 2.05. The van der Waals surface area contributed by atoms with Crippen LogP contribution in [-0.4, -0.2) is 28.5 Å². The second-order valence-corrected chi connectivity index (χ2v) is 5.34. The van der Waals surface area contributed by atoms with Gasteiger partial charge in [-0.05, 0) is 17.7 Å². The molecule has 0 bridgehead atoms. The van der Waals surface area contributed by atoms with E-state index in [1.807, 2.05) is 0 Å². The van der Waals surface area contributed by atoms with Gasteiger partial charge in [-0.15, -0.1) is 0 Å². The van der Waals surface area contributed by atoms with Crippen molar-refractivity contribution in [2.24, 2.45) is 0 Å². The quantitative estimate of drug-likeness (QED) is 0.575. The summed E-state index contributed by atoms with van der Waals surface area (Å²) in [6.45, 7) is -0.584. The van der Waals surface area contributed by atoms with Gasteiger partial charge in [0.25, 0.3) is 5.91 Å². The van der Waals surface area contributed by atoms with Gasteiger partial charge < -0.3 is 15.2 Å².